The van der Waals surface area contributed by atoms with Gasteiger partial charge in [-0.25, -0.2) is 4.79 Å². The minimum atomic E-state index is -1.61. The van der Waals surface area contributed by atoms with Gasteiger partial charge in [0.2, 0.25) is 5.91 Å². The zero-order valence-corrected chi connectivity index (χ0v) is 21.2. The fourth-order valence-electron chi connectivity index (χ4n) is 4.43. The van der Waals surface area contributed by atoms with E-state index in [0.29, 0.717) is 19.4 Å². The largest absolute Gasteiger partial charge is 0.467 e. The zero-order valence-electron chi connectivity index (χ0n) is 21.2. The van der Waals surface area contributed by atoms with Crippen LogP contribution in [-0.4, -0.2) is 70.1 Å². The number of benzene rings is 1. The predicted molar refractivity (Wildman–Crippen MR) is 128 cm³/mol. The zero-order chi connectivity index (χ0) is 25.0. The fourth-order valence-corrected chi connectivity index (χ4v) is 4.43. The molecule has 33 heavy (non-hydrogen) atoms. The van der Waals surface area contributed by atoms with Crippen LogP contribution in [0, 0.1) is 10.8 Å². The molecule has 1 fully saturated rings. The third-order valence-corrected chi connectivity index (χ3v) is 6.07. The SMILES string of the molecule is COC(=O)C(Cc1ccccc1)N1C(=O)[C@H](CC(O)O)N(CCC(C)(C)C)[C@@H]1CC(C)(C)C. The third-order valence-electron chi connectivity index (χ3n) is 6.07. The van der Waals surface area contributed by atoms with E-state index >= 15 is 0 Å². The van der Waals surface area contributed by atoms with Crippen LogP contribution in [0.3, 0.4) is 0 Å². The van der Waals surface area contributed by atoms with Crippen molar-refractivity contribution in [3.05, 3.63) is 35.9 Å². The molecule has 7 heteroatoms. The van der Waals surface area contributed by atoms with Crippen LogP contribution in [0.4, 0.5) is 0 Å². The van der Waals surface area contributed by atoms with Crippen molar-refractivity contribution in [2.45, 2.75) is 91.8 Å². The van der Waals surface area contributed by atoms with Crippen LogP contribution in [0.15, 0.2) is 30.3 Å². The Labute approximate surface area is 198 Å². The molecule has 0 bridgehead atoms. The summed E-state index contributed by atoms with van der Waals surface area (Å²) in [6.45, 7) is 13.4. The van der Waals surface area contributed by atoms with Crippen molar-refractivity contribution in [3.8, 4) is 0 Å². The Balaban J connectivity index is 2.53. The van der Waals surface area contributed by atoms with E-state index in [2.05, 4.69) is 46.4 Å². The van der Waals surface area contributed by atoms with Gasteiger partial charge in [-0.15, -0.1) is 0 Å². The van der Waals surface area contributed by atoms with E-state index in [1.807, 2.05) is 30.3 Å². The molecule has 0 aromatic heterocycles. The van der Waals surface area contributed by atoms with Crippen LogP contribution in [0.1, 0.15) is 66.4 Å². The summed E-state index contributed by atoms with van der Waals surface area (Å²) in [5.41, 5.74) is 0.849. The van der Waals surface area contributed by atoms with E-state index in [4.69, 9.17) is 4.74 Å². The lowest BCUT2D eigenvalue weighted by molar-refractivity contribution is -0.153. The number of hydrogen-bond donors (Lipinski definition) is 2. The minimum Gasteiger partial charge on any atom is -0.467 e. The Bertz CT molecular complexity index is 782. The van der Waals surface area contributed by atoms with Gasteiger partial charge in [0.05, 0.1) is 19.3 Å². The Morgan fingerprint density at radius 1 is 1.06 bits per heavy atom. The van der Waals surface area contributed by atoms with Crippen LogP contribution in [0.25, 0.3) is 0 Å². The van der Waals surface area contributed by atoms with Gasteiger partial charge in [0.25, 0.3) is 0 Å². The molecule has 1 aromatic carbocycles. The highest BCUT2D eigenvalue weighted by Crippen LogP contribution is 2.36. The molecule has 2 N–H and O–H groups in total. The Hall–Kier alpha value is -1.96. The summed E-state index contributed by atoms with van der Waals surface area (Å²) in [5.74, 6) is -0.718. The van der Waals surface area contributed by atoms with Gasteiger partial charge in [-0.1, -0.05) is 71.9 Å². The third kappa shape index (κ3) is 7.80. The van der Waals surface area contributed by atoms with Crippen molar-refractivity contribution in [2.24, 2.45) is 10.8 Å². The molecule has 1 aromatic rings. The number of rotatable bonds is 9. The van der Waals surface area contributed by atoms with Crippen molar-refractivity contribution in [3.63, 3.8) is 0 Å². The van der Waals surface area contributed by atoms with E-state index in [0.717, 1.165) is 12.0 Å². The van der Waals surface area contributed by atoms with Gasteiger partial charge in [-0.2, -0.15) is 0 Å². The summed E-state index contributed by atoms with van der Waals surface area (Å²) >= 11 is 0. The molecule has 1 amide bonds. The Kier molecular flexibility index (Phi) is 9.08. The smallest absolute Gasteiger partial charge is 0.328 e. The monoisotopic (exact) mass is 462 g/mol. The Morgan fingerprint density at radius 2 is 1.67 bits per heavy atom. The number of hydrogen-bond acceptors (Lipinski definition) is 6. The first-order chi connectivity index (χ1) is 15.2. The molecule has 1 unspecified atom stereocenters. The first kappa shape index (κ1) is 27.3. The van der Waals surface area contributed by atoms with E-state index in [-0.39, 0.29) is 29.3 Å². The normalized spacial score (nSPS) is 21.0. The molecule has 1 aliphatic heterocycles. The standard InChI is InChI=1S/C26H42N2O5/c1-25(2,3)13-14-27-19(16-22(29)30)23(31)28(21(27)17-26(4,5)6)20(24(32)33-7)15-18-11-9-8-10-12-18/h8-12,19-22,29-30H,13-17H2,1-7H3/t19-,20?,21-/m0/s1. The van der Waals surface area contributed by atoms with Crippen molar-refractivity contribution < 1.29 is 24.5 Å². The van der Waals surface area contributed by atoms with E-state index in [1.54, 1.807) is 4.90 Å². The quantitative estimate of drug-likeness (QED) is 0.433. The maximum atomic E-state index is 13.8. The van der Waals surface area contributed by atoms with Crippen LogP contribution >= 0.6 is 0 Å². The lowest BCUT2D eigenvalue weighted by atomic mass is 9.88. The van der Waals surface area contributed by atoms with E-state index in [1.165, 1.54) is 7.11 Å². The molecule has 3 atom stereocenters. The highest BCUT2D eigenvalue weighted by Gasteiger charge is 2.51. The van der Waals surface area contributed by atoms with Crippen LogP contribution < -0.4 is 0 Å². The highest BCUT2D eigenvalue weighted by atomic mass is 16.5. The number of methoxy groups -OCH3 is 1. The molecule has 186 valence electrons. The molecule has 1 aliphatic rings. The van der Waals surface area contributed by atoms with E-state index in [9.17, 15) is 19.8 Å². The molecule has 0 spiro atoms. The lowest BCUT2D eigenvalue weighted by Crippen LogP contribution is -2.52. The number of ether oxygens (including phenoxy) is 1. The second kappa shape index (κ2) is 11.0. The summed E-state index contributed by atoms with van der Waals surface area (Å²) in [6.07, 6.45) is -0.258. The number of carbonyl (C=O) groups is 2. The second-order valence-corrected chi connectivity index (χ2v) is 11.5. The topological polar surface area (TPSA) is 90.3 Å². The van der Waals surface area contributed by atoms with E-state index < -0.39 is 24.3 Å². The molecule has 0 aliphatic carbocycles. The number of nitrogens with zero attached hydrogens (tertiary/aromatic N) is 2. The van der Waals surface area contributed by atoms with Gasteiger partial charge >= 0.3 is 5.97 Å². The number of amides is 1. The summed E-state index contributed by atoms with van der Waals surface area (Å²) < 4.78 is 5.14. The fraction of sp³-hybridized carbons (Fsp3) is 0.692. The Morgan fingerprint density at radius 3 is 2.15 bits per heavy atom. The summed E-state index contributed by atoms with van der Waals surface area (Å²) in [4.78, 5) is 30.5. The average Bonchev–Trinajstić information content (AvgIpc) is 2.93. The van der Waals surface area contributed by atoms with Gasteiger partial charge in [-0.3, -0.25) is 9.69 Å². The van der Waals surface area contributed by atoms with Crippen LogP contribution in [-0.2, 0) is 20.7 Å². The van der Waals surface area contributed by atoms with Gasteiger partial charge in [-0.05, 0) is 29.2 Å². The maximum Gasteiger partial charge on any atom is 0.328 e. The number of aliphatic hydroxyl groups is 2. The second-order valence-electron chi connectivity index (χ2n) is 11.5. The number of esters is 1. The first-order valence-electron chi connectivity index (χ1n) is 11.8. The molecule has 7 nitrogen and oxygen atoms in total. The van der Waals surface area contributed by atoms with Crippen LogP contribution in [0.2, 0.25) is 0 Å². The molecule has 0 radical (unpaired) electrons. The van der Waals surface area contributed by atoms with Gasteiger partial charge in [0.1, 0.15) is 6.04 Å². The lowest BCUT2D eigenvalue weighted by Gasteiger charge is -2.39. The van der Waals surface area contributed by atoms with Gasteiger partial charge < -0.3 is 19.8 Å². The molecular formula is C26H42N2O5. The molecular weight excluding hydrogens is 420 g/mol. The van der Waals surface area contributed by atoms with Crippen molar-refractivity contribution in [1.82, 2.24) is 9.80 Å². The van der Waals surface area contributed by atoms with Crippen molar-refractivity contribution in [1.29, 1.82) is 0 Å². The predicted octanol–water partition coefficient (Wildman–Crippen LogP) is 3.18. The number of carbonyl (C=O) groups excluding carboxylic acids is 2. The van der Waals surface area contributed by atoms with Gasteiger partial charge in [0.15, 0.2) is 6.29 Å². The maximum absolute atomic E-state index is 13.8. The molecule has 0 saturated carbocycles. The molecule has 1 saturated heterocycles. The average molecular weight is 463 g/mol. The summed E-state index contributed by atoms with van der Waals surface area (Å²) in [6, 6.07) is 8.08. The number of aliphatic hydroxyl groups excluding tert-OH is 1. The first-order valence-corrected chi connectivity index (χ1v) is 11.8. The minimum absolute atomic E-state index is 0.0386. The highest BCUT2D eigenvalue weighted by molar-refractivity contribution is 5.89. The molecule has 1 heterocycles. The molecule has 2 rings (SSSR count). The van der Waals surface area contributed by atoms with Gasteiger partial charge in [0, 0.05) is 19.4 Å². The van der Waals surface area contributed by atoms with Crippen LogP contribution in [0.5, 0.6) is 0 Å². The summed E-state index contributed by atoms with van der Waals surface area (Å²) in [7, 11) is 1.34. The van der Waals surface area contributed by atoms with Crippen molar-refractivity contribution >= 4 is 11.9 Å². The summed E-state index contributed by atoms with van der Waals surface area (Å²) in [5, 5.41) is 19.6. The van der Waals surface area contributed by atoms with Crippen molar-refractivity contribution in [2.75, 3.05) is 13.7 Å².